The van der Waals surface area contributed by atoms with Gasteiger partial charge in [-0.1, -0.05) is 19.1 Å². The third-order valence-corrected chi connectivity index (χ3v) is 3.45. The fourth-order valence-electron chi connectivity index (χ4n) is 2.62. The Bertz CT molecular complexity index is 720. The summed E-state index contributed by atoms with van der Waals surface area (Å²) in [4.78, 5) is 24.5. The molecule has 5 heteroatoms. The molecule has 1 heterocycles. The van der Waals surface area contributed by atoms with E-state index in [0.717, 1.165) is 17.5 Å². The fourth-order valence-corrected chi connectivity index (χ4v) is 2.62. The standard InChI is InChI=1S/C17H25N3O2/c1-5-11-19-13-8-6-7-9-14(13)20(16(19)22)12-10-15(21)18-17(2,3)4/h6-9H,5,10-12H2,1-4H3,(H,18,21). The van der Waals surface area contributed by atoms with Crippen LogP contribution in [0.1, 0.15) is 40.5 Å². The lowest BCUT2D eigenvalue weighted by atomic mass is 10.1. The second kappa shape index (κ2) is 6.38. The second-order valence-electron chi connectivity index (χ2n) is 6.62. The minimum absolute atomic E-state index is 0.0354. The zero-order valence-corrected chi connectivity index (χ0v) is 13.8. The summed E-state index contributed by atoms with van der Waals surface area (Å²) < 4.78 is 3.49. The lowest BCUT2D eigenvalue weighted by Gasteiger charge is -2.20. The number of amides is 1. The molecule has 0 spiro atoms. The first-order valence-electron chi connectivity index (χ1n) is 7.82. The van der Waals surface area contributed by atoms with E-state index in [1.807, 2.05) is 45.0 Å². The normalized spacial score (nSPS) is 11.8. The molecule has 5 nitrogen and oxygen atoms in total. The van der Waals surface area contributed by atoms with Gasteiger partial charge in [-0.15, -0.1) is 0 Å². The molecule has 0 bridgehead atoms. The number of rotatable bonds is 5. The van der Waals surface area contributed by atoms with Gasteiger partial charge in [0.2, 0.25) is 5.91 Å². The van der Waals surface area contributed by atoms with E-state index in [0.29, 0.717) is 19.5 Å². The van der Waals surface area contributed by atoms with Crippen LogP contribution in [-0.2, 0) is 17.9 Å². The molecule has 1 N–H and O–H groups in total. The Balaban J connectivity index is 2.26. The fraction of sp³-hybridized carbons (Fsp3) is 0.529. The predicted octanol–water partition coefficient (Wildman–Crippen LogP) is 2.52. The van der Waals surface area contributed by atoms with Crippen LogP contribution in [0.2, 0.25) is 0 Å². The van der Waals surface area contributed by atoms with Crippen LogP contribution in [0.15, 0.2) is 29.1 Å². The van der Waals surface area contributed by atoms with Crippen molar-refractivity contribution in [3.05, 3.63) is 34.7 Å². The molecule has 1 aromatic heterocycles. The highest BCUT2D eigenvalue weighted by molar-refractivity contribution is 5.78. The van der Waals surface area contributed by atoms with Gasteiger partial charge in [0.05, 0.1) is 11.0 Å². The number of benzene rings is 1. The topological polar surface area (TPSA) is 56.0 Å². The summed E-state index contributed by atoms with van der Waals surface area (Å²) in [6.45, 7) is 8.99. The third kappa shape index (κ3) is 3.59. The summed E-state index contributed by atoms with van der Waals surface area (Å²) in [7, 11) is 0. The van der Waals surface area contributed by atoms with Crippen LogP contribution in [0.25, 0.3) is 11.0 Å². The molecule has 0 aliphatic carbocycles. The molecule has 1 aromatic carbocycles. The van der Waals surface area contributed by atoms with Gasteiger partial charge in [-0.3, -0.25) is 13.9 Å². The molecule has 120 valence electrons. The van der Waals surface area contributed by atoms with E-state index >= 15 is 0 Å². The second-order valence-corrected chi connectivity index (χ2v) is 6.62. The number of aromatic nitrogens is 2. The highest BCUT2D eigenvalue weighted by Gasteiger charge is 2.16. The number of fused-ring (bicyclic) bond motifs is 1. The molecule has 22 heavy (non-hydrogen) atoms. The first-order valence-corrected chi connectivity index (χ1v) is 7.82. The van der Waals surface area contributed by atoms with Crippen molar-refractivity contribution in [2.24, 2.45) is 0 Å². The van der Waals surface area contributed by atoms with E-state index in [1.165, 1.54) is 0 Å². The average Bonchev–Trinajstić information content (AvgIpc) is 2.68. The summed E-state index contributed by atoms with van der Waals surface area (Å²) in [6, 6.07) is 7.75. The van der Waals surface area contributed by atoms with Crippen LogP contribution in [0.3, 0.4) is 0 Å². The van der Waals surface area contributed by atoms with Gasteiger partial charge < -0.3 is 5.32 Å². The van der Waals surface area contributed by atoms with Crippen molar-refractivity contribution in [1.82, 2.24) is 14.5 Å². The maximum Gasteiger partial charge on any atom is 0.329 e. The van der Waals surface area contributed by atoms with Crippen LogP contribution in [0.4, 0.5) is 0 Å². The molecule has 1 amide bonds. The molecule has 0 aliphatic rings. The van der Waals surface area contributed by atoms with E-state index in [1.54, 1.807) is 9.13 Å². The summed E-state index contributed by atoms with van der Waals surface area (Å²) in [5.74, 6) is -0.0354. The summed E-state index contributed by atoms with van der Waals surface area (Å²) in [6.07, 6.45) is 1.20. The number of carbonyl (C=O) groups is 1. The van der Waals surface area contributed by atoms with E-state index in [2.05, 4.69) is 12.2 Å². The number of imidazole rings is 1. The van der Waals surface area contributed by atoms with Gasteiger partial charge in [-0.05, 0) is 39.3 Å². The number of hydrogen-bond acceptors (Lipinski definition) is 2. The van der Waals surface area contributed by atoms with Crippen molar-refractivity contribution in [3.63, 3.8) is 0 Å². The molecule has 0 saturated carbocycles. The van der Waals surface area contributed by atoms with Gasteiger partial charge in [0.15, 0.2) is 0 Å². The van der Waals surface area contributed by atoms with E-state index in [9.17, 15) is 9.59 Å². The average molecular weight is 303 g/mol. The highest BCUT2D eigenvalue weighted by Crippen LogP contribution is 2.13. The van der Waals surface area contributed by atoms with Gasteiger partial charge in [-0.2, -0.15) is 0 Å². The van der Waals surface area contributed by atoms with Crippen LogP contribution in [0.5, 0.6) is 0 Å². The van der Waals surface area contributed by atoms with Crippen molar-refractivity contribution in [2.75, 3.05) is 0 Å². The summed E-state index contributed by atoms with van der Waals surface area (Å²) in [5.41, 5.74) is 1.54. The zero-order valence-electron chi connectivity index (χ0n) is 13.8. The molecule has 0 atom stereocenters. The SMILES string of the molecule is CCCn1c(=O)n(CCC(=O)NC(C)(C)C)c2ccccc21. The molecule has 2 aromatic rings. The largest absolute Gasteiger partial charge is 0.351 e. The van der Waals surface area contributed by atoms with Crippen LogP contribution < -0.4 is 11.0 Å². The van der Waals surface area contributed by atoms with E-state index < -0.39 is 0 Å². The molecule has 0 saturated heterocycles. The first-order chi connectivity index (χ1) is 10.3. The monoisotopic (exact) mass is 303 g/mol. The van der Waals surface area contributed by atoms with Crippen molar-refractivity contribution >= 4 is 16.9 Å². The zero-order chi connectivity index (χ0) is 16.3. The Morgan fingerprint density at radius 3 is 2.14 bits per heavy atom. The minimum Gasteiger partial charge on any atom is -0.351 e. The van der Waals surface area contributed by atoms with Gasteiger partial charge in [0.25, 0.3) is 0 Å². The van der Waals surface area contributed by atoms with Crippen molar-refractivity contribution in [1.29, 1.82) is 0 Å². The molecule has 0 fully saturated rings. The first kappa shape index (κ1) is 16.3. The smallest absolute Gasteiger partial charge is 0.329 e. The van der Waals surface area contributed by atoms with Crippen molar-refractivity contribution in [3.8, 4) is 0 Å². The number of nitrogens with one attached hydrogen (secondary N) is 1. The molecular formula is C17H25N3O2. The quantitative estimate of drug-likeness (QED) is 0.922. The van der Waals surface area contributed by atoms with Gasteiger partial charge in [0.1, 0.15) is 0 Å². The minimum atomic E-state index is -0.252. The number of para-hydroxylation sites is 2. The summed E-state index contributed by atoms with van der Waals surface area (Å²) in [5, 5.41) is 2.93. The van der Waals surface area contributed by atoms with Crippen molar-refractivity contribution < 1.29 is 4.79 Å². The van der Waals surface area contributed by atoms with Crippen LogP contribution >= 0.6 is 0 Å². The number of carbonyl (C=O) groups excluding carboxylic acids is 1. The van der Waals surface area contributed by atoms with Gasteiger partial charge in [-0.25, -0.2) is 4.79 Å². The molecule has 2 rings (SSSR count). The summed E-state index contributed by atoms with van der Waals surface area (Å²) >= 11 is 0. The molecular weight excluding hydrogens is 278 g/mol. The Kier molecular flexibility index (Phi) is 4.74. The third-order valence-electron chi connectivity index (χ3n) is 3.45. The maximum atomic E-state index is 12.6. The Hall–Kier alpha value is -2.04. The van der Waals surface area contributed by atoms with Gasteiger partial charge >= 0.3 is 5.69 Å². The van der Waals surface area contributed by atoms with Crippen molar-refractivity contribution in [2.45, 2.75) is 59.2 Å². The lowest BCUT2D eigenvalue weighted by molar-refractivity contribution is -0.122. The van der Waals surface area contributed by atoms with Crippen LogP contribution in [0, 0.1) is 0 Å². The Morgan fingerprint density at radius 2 is 1.64 bits per heavy atom. The number of hydrogen-bond donors (Lipinski definition) is 1. The lowest BCUT2D eigenvalue weighted by Crippen LogP contribution is -2.41. The Morgan fingerprint density at radius 1 is 1.09 bits per heavy atom. The maximum absolute atomic E-state index is 12.6. The highest BCUT2D eigenvalue weighted by atomic mass is 16.2. The molecule has 0 radical (unpaired) electrons. The Labute approximate surface area is 130 Å². The predicted molar refractivity (Wildman–Crippen MR) is 89.0 cm³/mol. The van der Waals surface area contributed by atoms with E-state index in [-0.39, 0.29) is 17.1 Å². The molecule has 0 unspecified atom stereocenters. The molecule has 0 aliphatic heterocycles. The number of nitrogens with zero attached hydrogens (tertiary/aromatic N) is 2. The number of aryl methyl sites for hydroxylation is 2. The van der Waals surface area contributed by atoms with E-state index in [4.69, 9.17) is 0 Å². The van der Waals surface area contributed by atoms with Gasteiger partial charge in [0, 0.05) is 25.0 Å². The van der Waals surface area contributed by atoms with Crippen LogP contribution in [-0.4, -0.2) is 20.6 Å².